The van der Waals surface area contributed by atoms with Crippen molar-refractivity contribution in [3.05, 3.63) is 58.8 Å². The van der Waals surface area contributed by atoms with Crippen LogP contribution in [0, 0.1) is 0 Å². The topological polar surface area (TPSA) is 77.5 Å². The number of aromatic hydroxyl groups is 1. The molecule has 2 bridgehead atoms. The van der Waals surface area contributed by atoms with E-state index < -0.39 is 11.0 Å². The first kappa shape index (κ1) is 16.7. The third-order valence-electron chi connectivity index (χ3n) is 7.59. The number of phenolic OH excluding ortho intramolecular Hbond substituents is 1. The zero-order valence-electron chi connectivity index (χ0n) is 15.2. The molecule has 5 nitrogen and oxygen atoms in total. The van der Waals surface area contributed by atoms with Crippen LogP contribution in [0.5, 0.6) is 11.5 Å². The normalized spacial score (nSPS) is 33.6. The molecule has 2 aliphatic carbocycles. The molecule has 4 aliphatic rings. The van der Waals surface area contributed by atoms with E-state index in [4.69, 9.17) is 4.74 Å². The first-order valence-electron chi connectivity index (χ1n) is 9.71. The van der Waals surface area contributed by atoms with Gasteiger partial charge < -0.3 is 25.3 Å². The molecule has 28 heavy (non-hydrogen) atoms. The van der Waals surface area contributed by atoms with Crippen molar-refractivity contribution >= 4 is 23.3 Å². The number of benzene rings is 2. The smallest absolute Gasteiger partial charge is 0.166 e. The lowest BCUT2D eigenvalue weighted by Crippen LogP contribution is -2.73. The molecule has 4 atom stereocenters. The fourth-order valence-electron chi connectivity index (χ4n) is 6.53. The van der Waals surface area contributed by atoms with Crippen molar-refractivity contribution in [1.82, 2.24) is 10.3 Å². The van der Waals surface area contributed by atoms with Crippen LogP contribution in [-0.4, -0.2) is 33.4 Å². The van der Waals surface area contributed by atoms with Gasteiger partial charge in [0.2, 0.25) is 0 Å². The fourth-order valence-corrected chi connectivity index (χ4v) is 6.53. The van der Waals surface area contributed by atoms with Gasteiger partial charge in [0.25, 0.3) is 0 Å². The molecular formula is C22H21ClN2O3. The number of ether oxygens (including phenoxy) is 1. The van der Waals surface area contributed by atoms with Crippen LogP contribution in [0.4, 0.5) is 0 Å². The van der Waals surface area contributed by atoms with Crippen molar-refractivity contribution in [3.8, 4) is 11.5 Å². The molecule has 1 spiro atoms. The lowest BCUT2D eigenvalue weighted by atomic mass is 9.49. The quantitative estimate of drug-likeness (QED) is 0.471. The van der Waals surface area contributed by atoms with Gasteiger partial charge in [0.15, 0.2) is 17.6 Å². The molecule has 7 rings (SSSR count). The monoisotopic (exact) mass is 396 g/mol. The molecule has 2 aromatic carbocycles. The minimum atomic E-state index is -0.931. The molecule has 0 saturated carbocycles. The number of aromatic nitrogens is 1. The van der Waals surface area contributed by atoms with Crippen molar-refractivity contribution in [2.24, 2.45) is 0 Å². The molecular weight excluding hydrogens is 376 g/mol. The van der Waals surface area contributed by atoms with Crippen LogP contribution in [0.15, 0.2) is 36.4 Å². The predicted molar refractivity (Wildman–Crippen MR) is 107 cm³/mol. The third kappa shape index (κ3) is 1.57. The number of halogens is 1. The number of rotatable bonds is 0. The number of H-pyrrole nitrogens is 1. The second-order valence-corrected chi connectivity index (χ2v) is 8.54. The number of nitrogens with one attached hydrogen (secondary N) is 2. The molecule has 1 fully saturated rings. The molecule has 1 aromatic heterocycles. The molecule has 3 heterocycles. The average molecular weight is 397 g/mol. The van der Waals surface area contributed by atoms with Gasteiger partial charge in [-0.15, -0.1) is 12.4 Å². The molecule has 2 aliphatic heterocycles. The molecule has 0 radical (unpaired) electrons. The van der Waals surface area contributed by atoms with E-state index in [0.29, 0.717) is 12.2 Å². The Morgan fingerprint density at radius 3 is 2.89 bits per heavy atom. The van der Waals surface area contributed by atoms with Crippen LogP contribution >= 0.6 is 12.4 Å². The summed E-state index contributed by atoms with van der Waals surface area (Å²) in [6.45, 7) is 0.844. The zero-order chi connectivity index (χ0) is 18.0. The minimum absolute atomic E-state index is 0. The summed E-state index contributed by atoms with van der Waals surface area (Å²) in [7, 11) is 0. The van der Waals surface area contributed by atoms with Crippen molar-refractivity contribution in [2.45, 2.75) is 42.4 Å². The summed E-state index contributed by atoms with van der Waals surface area (Å²) >= 11 is 0. The van der Waals surface area contributed by atoms with Crippen molar-refractivity contribution < 1.29 is 14.9 Å². The van der Waals surface area contributed by atoms with Gasteiger partial charge in [0.1, 0.15) is 0 Å². The Kier molecular flexibility index (Phi) is 3.01. The number of piperidine rings is 1. The van der Waals surface area contributed by atoms with Gasteiger partial charge in [-0.1, -0.05) is 24.3 Å². The number of aliphatic hydroxyl groups is 1. The van der Waals surface area contributed by atoms with Gasteiger partial charge in [0, 0.05) is 28.9 Å². The van der Waals surface area contributed by atoms with E-state index in [1.54, 1.807) is 6.07 Å². The molecule has 1 saturated heterocycles. The van der Waals surface area contributed by atoms with E-state index in [0.717, 1.165) is 47.1 Å². The largest absolute Gasteiger partial charge is 0.504 e. The highest BCUT2D eigenvalue weighted by molar-refractivity contribution is 5.86. The van der Waals surface area contributed by atoms with Gasteiger partial charge in [-0.2, -0.15) is 0 Å². The third-order valence-corrected chi connectivity index (χ3v) is 7.59. The van der Waals surface area contributed by atoms with E-state index in [1.807, 2.05) is 18.2 Å². The predicted octanol–water partition coefficient (Wildman–Crippen LogP) is 2.87. The Morgan fingerprint density at radius 2 is 2.00 bits per heavy atom. The van der Waals surface area contributed by atoms with Gasteiger partial charge in [-0.05, 0) is 42.6 Å². The van der Waals surface area contributed by atoms with Gasteiger partial charge in [-0.25, -0.2) is 0 Å². The van der Waals surface area contributed by atoms with E-state index in [1.165, 1.54) is 5.56 Å². The maximum absolute atomic E-state index is 12.2. The van der Waals surface area contributed by atoms with E-state index in [-0.39, 0.29) is 30.3 Å². The lowest BCUT2D eigenvalue weighted by molar-refractivity contribution is -0.134. The van der Waals surface area contributed by atoms with Crippen molar-refractivity contribution in [3.63, 3.8) is 0 Å². The molecule has 0 unspecified atom stereocenters. The molecule has 144 valence electrons. The summed E-state index contributed by atoms with van der Waals surface area (Å²) < 4.78 is 6.46. The highest BCUT2D eigenvalue weighted by Crippen LogP contribution is 2.67. The summed E-state index contributed by atoms with van der Waals surface area (Å²) in [5, 5.41) is 27.5. The zero-order valence-corrected chi connectivity index (χ0v) is 16.0. The van der Waals surface area contributed by atoms with Crippen LogP contribution in [-0.2, 0) is 18.3 Å². The Hall–Kier alpha value is -2.21. The highest BCUT2D eigenvalue weighted by Gasteiger charge is 2.71. The first-order chi connectivity index (χ1) is 13.1. The van der Waals surface area contributed by atoms with Gasteiger partial charge in [0.05, 0.1) is 16.7 Å². The highest BCUT2D eigenvalue weighted by atomic mass is 35.5. The summed E-state index contributed by atoms with van der Waals surface area (Å²) in [5.74, 6) is 0.747. The number of hydrogen-bond donors (Lipinski definition) is 4. The van der Waals surface area contributed by atoms with Gasteiger partial charge in [-0.3, -0.25) is 0 Å². The number of hydrogen-bond acceptors (Lipinski definition) is 4. The second-order valence-electron chi connectivity index (χ2n) is 8.54. The Balaban J connectivity index is 0.00000156. The van der Waals surface area contributed by atoms with E-state index >= 15 is 0 Å². The summed E-state index contributed by atoms with van der Waals surface area (Å²) in [4.78, 5) is 3.58. The van der Waals surface area contributed by atoms with Crippen LogP contribution in [0.1, 0.15) is 34.9 Å². The Morgan fingerprint density at radius 1 is 1.14 bits per heavy atom. The number of para-hydroxylation sites is 1. The average Bonchev–Trinajstić information content (AvgIpc) is 3.18. The summed E-state index contributed by atoms with van der Waals surface area (Å²) in [6.07, 6.45) is 1.85. The van der Waals surface area contributed by atoms with Crippen LogP contribution < -0.4 is 10.1 Å². The molecule has 0 amide bonds. The first-order valence-corrected chi connectivity index (χ1v) is 9.71. The lowest BCUT2D eigenvalue weighted by Gasteiger charge is -2.59. The summed E-state index contributed by atoms with van der Waals surface area (Å²) in [5.41, 5.74) is 4.07. The number of fused-ring (bicyclic) bond motifs is 4. The van der Waals surface area contributed by atoms with Crippen LogP contribution in [0.25, 0.3) is 10.9 Å². The molecule has 6 heteroatoms. The van der Waals surface area contributed by atoms with Crippen molar-refractivity contribution in [1.29, 1.82) is 0 Å². The van der Waals surface area contributed by atoms with Crippen molar-refractivity contribution in [2.75, 3.05) is 6.54 Å². The standard InChI is InChI=1S/C22H20N2O3.ClH/c25-15-6-5-11-9-16-22(26)10-13-12-3-1-2-4-14(12)24-18(13)20-21(22,7-8-23-16)17(11)19(15)27-20;/h1-6,16,20,23-26H,7-10H2;1H/t16-,20+,21+,22-;/m1./s1. The molecule has 4 N–H and O–H groups in total. The summed E-state index contributed by atoms with van der Waals surface area (Å²) in [6, 6.07) is 12.0. The molecule has 3 aromatic rings. The number of phenols is 1. The van der Waals surface area contributed by atoms with E-state index in [2.05, 4.69) is 22.4 Å². The second kappa shape index (κ2) is 5.03. The van der Waals surface area contributed by atoms with Gasteiger partial charge >= 0.3 is 0 Å². The number of aromatic amines is 1. The van der Waals surface area contributed by atoms with Crippen LogP contribution in [0.3, 0.4) is 0 Å². The maximum Gasteiger partial charge on any atom is 0.166 e. The Bertz CT molecular complexity index is 1160. The Labute approximate surface area is 168 Å². The van der Waals surface area contributed by atoms with E-state index in [9.17, 15) is 10.2 Å². The fraction of sp³-hybridized carbons (Fsp3) is 0.364. The maximum atomic E-state index is 12.2. The minimum Gasteiger partial charge on any atom is -0.504 e. The SMILES string of the molecule is Cl.Oc1ccc2c3c1O[C@H]1c4[nH]c5ccccc5c4C[C@@]4(O)[C@@H](C2)NCC[C@]314. The van der Waals surface area contributed by atoms with Crippen LogP contribution in [0.2, 0.25) is 0 Å².